The molecule has 0 spiro atoms. The molecule has 3 nitrogen and oxygen atoms in total. The topological polar surface area (TPSA) is 27.7 Å². The van der Waals surface area contributed by atoms with E-state index in [1.165, 1.54) is 0 Å². The van der Waals surface area contributed by atoms with Gasteiger partial charge in [-0.1, -0.05) is 6.07 Å². The van der Waals surface area contributed by atoms with Crippen LogP contribution in [-0.4, -0.2) is 26.9 Å². The number of hydrogen-bond donors (Lipinski definition) is 0. The molecule has 1 aliphatic heterocycles. The monoisotopic (exact) mass is 270 g/mol. The fraction of sp³-hybridized carbons (Fsp3) is 0.571. The molecule has 3 unspecified atom stereocenters. The maximum atomic E-state index is 6.53. The third kappa shape index (κ3) is 2.73. The van der Waals surface area contributed by atoms with Crippen LogP contribution in [0.25, 0.3) is 0 Å². The fourth-order valence-corrected chi connectivity index (χ4v) is 2.66. The zero-order valence-electron chi connectivity index (χ0n) is 11.0. The Balaban J connectivity index is 2.17. The minimum atomic E-state index is -0.0465. The van der Waals surface area contributed by atoms with Crippen LogP contribution in [0.4, 0.5) is 0 Å². The molecule has 0 N–H and O–H groups in total. The van der Waals surface area contributed by atoms with Gasteiger partial charge in [-0.2, -0.15) is 0 Å². The summed E-state index contributed by atoms with van der Waals surface area (Å²) in [5, 5.41) is -0.0465. The second kappa shape index (κ2) is 5.81. The van der Waals surface area contributed by atoms with Crippen LogP contribution in [0, 0.1) is 5.92 Å². The Labute approximate surface area is 113 Å². The minimum Gasteiger partial charge on any atom is -0.493 e. The Morgan fingerprint density at radius 1 is 1.28 bits per heavy atom. The summed E-state index contributed by atoms with van der Waals surface area (Å²) in [4.78, 5) is 0. The van der Waals surface area contributed by atoms with Gasteiger partial charge in [0.15, 0.2) is 11.5 Å². The van der Waals surface area contributed by atoms with Gasteiger partial charge < -0.3 is 14.2 Å². The van der Waals surface area contributed by atoms with E-state index < -0.39 is 0 Å². The van der Waals surface area contributed by atoms with Crippen LogP contribution in [0.3, 0.4) is 0 Å². The lowest BCUT2D eigenvalue weighted by molar-refractivity contribution is 0.120. The molecule has 0 radical (unpaired) electrons. The number of methoxy groups -OCH3 is 2. The average Bonchev–Trinajstić information content (AvgIpc) is 2.83. The average molecular weight is 271 g/mol. The fourth-order valence-electron chi connectivity index (χ4n) is 2.35. The summed E-state index contributed by atoms with van der Waals surface area (Å²) in [5.41, 5.74) is 1.05. The maximum absolute atomic E-state index is 6.53. The SMILES string of the molecule is COc1ccc(C(Cl)C2COC(C)C2)cc1OC. The Kier molecular flexibility index (Phi) is 4.36. The van der Waals surface area contributed by atoms with Crippen molar-refractivity contribution in [2.45, 2.75) is 24.8 Å². The van der Waals surface area contributed by atoms with Crippen molar-refractivity contribution in [2.24, 2.45) is 5.92 Å². The van der Waals surface area contributed by atoms with E-state index >= 15 is 0 Å². The van der Waals surface area contributed by atoms with Gasteiger partial charge in [0.2, 0.25) is 0 Å². The van der Waals surface area contributed by atoms with E-state index in [0.717, 1.165) is 24.3 Å². The summed E-state index contributed by atoms with van der Waals surface area (Å²) < 4.78 is 16.1. The Hall–Kier alpha value is -0.930. The van der Waals surface area contributed by atoms with Crippen molar-refractivity contribution in [2.75, 3.05) is 20.8 Å². The lowest BCUT2D eigenvalue weighted by Gasteiger charge is -2.17. The highest BCUT2D eigenvalue weighted by atomic mass is 35.5. The lowest BCUT2D eigenvalue weighted by Crippen LogP contribution is -2.08. The first-order chi connectivity index (χ1) is 8.65. The highest BCUT2D eigenvalue weighted by Gasteiger charge is 2.29. The zero-order chi connectivity index (χ0) is 13.1. The molecule has 18 heavy (non-hydrogen) atoms. The summed E-state index contributed by atoms with van der Waals surface area (Å²) in [6.45, 7) is 2.81. The van der Waals surface area contributed by atoms with Crippen LogP contribution in [0.1, 0.15) is 24.3 Å². The second-order valence-corrected chi connectivity index (χ2v) is 5.13. The Morgan fingerprint density at radius 3 is 2.56 bits per heavy atom. The third-order valence-corrected chi connectivity index (χ3v) is 3.98. The molecule has 1 saturated heterocycles. The highest BCUT2D eigenvalue weighted by Crippen LogP contribution is 2.39. The Bertz CT molecular complexity index is 408. The van der Waals surface area contributed by atoms with E-state index in [0.29, 0.717) is 17.8 Å². The first-order valence-electron chi connectivity index (χ1n) is 6.13. The Morgan fingerprint density at radius 2 is 2.00 bits per heavy atom. The maximum Gasteiger partial charge on any atom is 0.161 e. The van der Waals surface area contributed by atoms with E-state index in [2.05, 4.69) is 6.92 Å². The van der Waals surface area contributed by atoms with Gasteiger partial charge in [-0.25, -0.2) is 0 Å². The summed E-state index contributed by atoms with van der Waals surface area (Å²) >= 11 is 6.53. The molecule has 0 bridgehead atoms. The van der Waals surface area contributed by atoms with E-state index in [4.69, 9.17) is 25.8 Å². The highest BCUT2D eigenvalue weighted by molar-refractivity contribution is 6.21. The standard InChI is InChI=1S/C14H19ClO3/c1-9-6-11(8-18-9)14(15)10-4-5-12(16-2)13(7-10)17-3/h4-5,7,9,11,14H,6,8H2,1-3H3. The van der Waals surface area contributed by atoms with Crippen LogP contribution >= 0.6 is 11.6 Å². The van der Waals surface area contributed by atoms with Crippen LogP contribution in [-0.2, 0) is 4.74 Å². The van der Waals surface area contributed by atoms with Crippen molar-refractivity contribution in [1.82, 2.24) is 0 Å². The molecule has 1 aromatic carbocycles. The molecule has 0 aliphatic carbocycles. The molecular weight excluding hydrogens is 252 g/mol. The molecule has 0 saturated carbocycles. The van der Waals surface area contributed by atoms with Gasteiger partial charge in [-0.05, 0) is 31.0 Å². The zero-order valence-corrected chi connectivity index (χ0v) is 11.7. The number of benzene rings is 1. The molecule has 1 heterocycles. The summed E-state index contributed by atoms with van der Waals surface area (Å²) in [6.07, 6.45) is 1.30. The van der Waals surface area contributed by atoms with Crippen LogP contribution in [0.15, 0.2) is 18.2 Å². The van der Waals surface area contributed by atoms with Gasteiger partial charge in [-0.3, -0.25) is 0 Å². The molecule has 100 valence electrons. The summed E-state index contributed by atoms with van der Waals surface area (Å²) in [6, 6.07) is 5.82. The van der Waals surface area contributed by atoms with Crippen molar-refractivity contribution in [3.05, 3.63) is 23.8 Å². The van der Waals surface area contributed by atoms with Crippen molar-refractivity contribution in [1.29, 1.82) is 0 Å². The van der Waals surface area contributed by atoms with Gasteiger partial charge >= 0.3 is 0 Å². The van der Waals surface area contributed by atoms with Gasteiger partial charge in [0.1, 0.15) is 0 Å². The van der Waals surface area contributed by atoms with E-state index in [1.54, 1.807) is 14.2 Å². The van der Waals surface area contributed by atoms with Gasteiger partial charge in [0.25, 0.3) is 0 Å². The van der Waals surface area contributed by atoms with Gasteiger partial charge in [0.05, 0.1) is 32.3 Å². The van der Waals surface area contributed by atoms with Crippen molar-refractivity contribution >= 4 is 11.6 Å². The third-order valence-electron chi connectivity index (χ3n) is 3.37. The quantitative estimate of drug-likeness (QED) is 0.785. The van der Waals surface area contributed by atoms with Crippen molar-refractivity contribution < 1.29 is 14.2 Å². The van der Waals surface area contributed by atoms with Crippen LogP contribution in [0.5, 0.6) is 11.5 Å². The number of halogens is 1. The number of alkyl halides is 1. The molecule has 3 atom stereocenters. The number of hydrogen-bond acceptors (Lipinski definition) is 3. The number of rotatable bonds is 4. The number of ether oxygens (including phenoxy) is 3. The van der Waals surface area contributed by atoms with E-state index in [9.17, 15) is 0 Å². The van der Waals surface area contributed by atoms with Crippen molar-refractivity contribution in [3.63, 3.8) is 0 Å². The molecule has 1 aromatic rings. The van der Waals surface area contributed by atoms with E-state index in [1.807, 2.05) is 18.2 Å². The largest absolute Gasteiger partial charge is 0.493 e. The minimum absolute atomic E-state index is 0.0465. The second-order valence-electron chi connectivity index (χ2n) is 4.66. The molecule has 1 aliphatic rings. The smallest absolute Gasteiger partial charge is 0.161 e. The normalized spacial score (nSPS) is 24.9. The first kappa shape index (κ1) is 13.5. The van der Waals surface area contributed by atoms with Crippen LogP contribution in [0.2, 0.25) is 0 Å². The van der Waals surface area contributed by atoms with E-state index in [-0.39, 0.29) is 5.38 Å². The lowest BCUT2D eigenvalue weighted by atomic mass is 9.96. The van der Waals surface area contributed by atoms with Crippen molar-refractivity contribution in [3.8, 4) is 11.5 Å². The molecule has 4 heteroatoms. The summed E-state index contributed by atoms with van der Waals surface area (Å²) in [7, 11) is 3.26. The molecule has 2 rings (SSSR count). The molecule has 0 aromatic heterocycles. The molecular formula is C14H19ClO3. The van der Waals surface area contributed by atoms with Gasteiger partial charge in [0, 0.05) is 5.92 Å². The van der Waals surface area contributed by atoms with Crippen LogP contribution < -0.4 is 9.47 Å². The molecule has 1 fully saturated rings. The van der Waals surface area contributed by atoms with Gasteiger partial charge in [-0.15, -0.1) is 11.6 Å². The predicted molar refractivity (Wildman–Crippen MR) is 71.7 cm³/mol. The first-order valence-corrected chi connectivity index (χ1v) is 6.57. The summed E-state index contributed by atoms with van der Waals surface area (Å²) in [5.74, 6) is 1.80. The molecule has 0 amide bonds. The predicted octanol–water partition coefficient (Wildman–Crippen LogP) is 3.41.